The summed E-state index contributed by atoms with van der Waals surface area (Å²) in [6, 6.07) is 14.3. The standard InChI is InChI=1S/C30H26F3N3O5/c1-5-9-20-14-19(15-25(39-3)26(20)41-18(2)29(38)40-4)17-34-36-27(21-10-8-11-22(16-21)30(31,32)33)35-24-13-7-6-12-23(24)28(36)37/h5-8,10-18H,1,9H2,2-4H3/t18-/m1/s1. The molecular formula is C30H26F3N3O5. The average Bonchev–Trinajstić information content (AvgIpc) is 2.96. The number of carbonyl (C=O) groups excluding carboxylic acids is 1. The third kappa shape index (κ3) is 6.29. The number of halogens is 3. The summed E-state index contributed by atoms with van der Waals surface area (Å²) < 4.78 is 57.4. The van der Waals surface area contributed by atoms with Gasteiger partial charge in [0.15, 0.2) is 23.4 Å². The summed E-state index contributed by atoms with van der Waals surface area (Å²) in [6.45, 7) is 5.30. The van der Waals surface area contributed by atoms with Crippen molar-refractivity contribution in [3.63, 3.8) is 0 Å². The number of carbonyl (C=O) groups is 1. The third-order valence-electron chi connectivity index (χ3n) is 6.09. The second kappa shape index (κ2) is 12.1. The molecule has 212 valence electrons. The fourth-order valence-corrected chi connectivity index (χ4v) is 4.12. The van der Waals surface area contributed by atoms with E-state index in [4.69, 9.17) is 14.2 Å². The lowest BCUT2D eigenvalue weighted by atomic mass is 10.1. The largest absolute Gasteiger partial charge is 0.493 e. The van der Waals surface area contributed by atoms with Crippen LogP contribution in [0.3, 0.4) is 0 Å². The number of hydrogen-bond donors (Lipinski definition) is 0. The molecule has 0 radical (unpaired) electrons. The van der Waals surface area contributed by atoms with Gasteiger partial charge >= 0.3 is 12.1 Å². The van der Waals surface area contributed by atoms with Crippen LogP contribution in [0.2, 0.25) is 0 Å². The highest BCUT2D eigenvalue weighted by molar-refractivity contribution is 5.83. The highest BCUT2D eigenvalue weighted by Gasteiger charge is 2.31. The number of benzene rings is 3. The third-order valence-corrected chi connectivity index (χ3v) is 6.09. The van der Waals surface area contributed by atoms with E-state index in [2.05, 4.69) is 16.7 Å². The van der Waals surface area contributed by atoms with Crippen molar-refractivity contribution in [3.8, 4) is 22.9 Å². The van der Waals surface area contributed by atoms with Crippen LogP contribution in [0.5, 0.6) is 11.5 Å². The molecule has 1 aromatic heterocycles. The number of esters is 1. The van der Waals surface area contributed by atoms with E-state index in [1.54, 1.807) is 42.5 Å². The molecule has 41 heavy (non-hydrogen) atoms. The Morgan fingerprint density at radius 1 is 1.12 bits per heavy atom. The molecule has 4 rings (SSSR count). The zero-order valence-electron chi connectivity index (χ0n) is 22.4. The van der Waals surface area contributed by atoms with Gasteiger partial charge in [0.05, 0.1) is 36.9 Å². The van der Waals surface area contributed by atoms with Crippen molar-refractivity contribution >= 4 is 23.1 Å². The van der Waals surface area contributed by atoms with Crippen LogP contribution < -0.4 is 15.0 Å². The molecule has 8 nitrogen and oxygen atoms in total. The number of hydrogen-bond acceptors (Lipinski definition) is 7. The molecule has 0 saturated carbocycles. The maximum atomic E-state index is 13.5. The minimum absolute atomic E-state index is 0.0605. The molecule has 0 amide bonds. The zero-order valence-corrected chi connectivity index (χ0v) is 22.4. The topological polar surface area (TPSA) is 92.0 Å². The Morgan fingerprint density at radius 3 is 2.56 bits per heavy atom. The van der Waals surface area contributed by atoms with Crippen LogP contribution in [0.4, 0.5) is 13.2 Å². The Balaban J connectivity index is 1.87. The van der Waals surface area contributed by atoms with Gasteiger partial charge in [-0.05, 0) is 55.3 Å². The molecular weight excluding hydrogens is 539 g/mol. The number of ether oxygens (including phenoxy) is 3. The summed E-state index contributed by atoms with van der Waals surface area (Å²) >= 11 is 0. The van der Waals surface area contributed by atoms with Gasteiger partial charge in [-0.3, -0.25) is 4.79 Å². The molecule has 0 N–H and O–H groups in total. The lowest BCUT2D eigenvalue weighted by Crippen LogP contribution is -2.25. The van der Waals surface area contributed by atoms with Crippen molar-refractivity contribution in [2.45, 2.75) is 25.6 Å². The van der Waals surface area contributed by atoms with Crippen LogP contribution in [0.15, 0.2) is 83.2 Å². The molecule has 0 aliphatic carbocycles. The smallest absolute Gasteiger partial charge is 0.416 e. The minimum atomic E-state index is -4.59. The predicted octanol–water partition coefficient (Wildman–Crippen LogP) is 5.64. The first-order valence-corrected chi connectivity index (χ1v) is 12.4. The number of alkyl halides is 3. The Hall–Kier alpha value is -4.93. The summed E-state index contributed by atoms with van der Waals surface area (Å²) in [4.78, 5) is 29.9. The first kappa shape index (κ1) is 29.1. The van der Waals surface area contributed by atoms with Gasteiger partial charge in [-0.15, -0.1) is 6.58 Å². The number of rotatable bonds is 9. The summed E-state index contributed by atoms with van der Waals surface area (Å²) in [7, 11) is 2.67. The van der Waals surface area contributed by atoms with Crippen LogP contribution in [-0.4, -0.2) is 42.2 Å². The van der Waals surface area contributed by atoms with E-state index in [1.807, 2.05) is 0 Å². The molecule has 1 atom stereocenters. The Morgan fingerprint density at radius 2 is 1.88 bits per heavy atom. The van der Waals surface area contributed by atoms with E-state index < -0.39 is 29.4 Å². The van der Waals surface area contributed by atoms with E-state index in [1.165, 1.54) is 39.5 Å². The normalized spacial score (nSPS) is 12.3. The second-order valence-corrected chi connectivity index (χ2v) is 8.88. The van der Waals surface area contributed by atoms with Gasteiger partial charge in [0.25, 0.3) is 5.56 Å². The van der Waals surface area contributed by atoms with Crippen molar-refractivity contribution < 1.29 is 32.2 Å². The van der Waals surface area contributed by atoms with E-state index in [0.717, 1.165) is 16.8 Å². The molecule has 0 bridgehead atoms. The monoisotopic (exact) mass is 565 g/mol. The first-order valence-electron chi connectivity index (χ1n) is 12.4. The zero-order chi connectivity index (χ0) is 29.7. The van der Waals surface area contributed by atoms with Gasteiger partial charge in [-0.1, -0.05) is 30.3 Å². The maximum absolute atomic E-state index is 13.5. The summed E-state index contributed by atoms with van der Waals surface area (Å²) in [5, 5.41) is 4.58. The van der Waals surface area contributed by atoms with E-state index in [0.29, 0.717) is 28.8 Å². The molecule has 4 aromatic rings. The van der Waals surface area contributed by atoms with E-state index in [9.17, 15) is 22.8 Å². The quantitative estimate of drug-likeness (QED) is 0.148. The van der Waals surface area contributed by atoms with Gasteiger partial charge in [0.2, 0.25) is 0 Å². The molecule has 0 unspecified atom stereocenters. The average molecular weight is 566 g/mol. The molecule has 0 aliphatic rings. The number of para-hydroxylation sites is 1. The number of fused-ring (bicyclic) bond motifs is 1. The number of methoxy groups -OCH3 is 2. The van der Waals surface area contributed by atoms with Gasteiger partial charge in [-0.25, -0.2) is 9.78 Å². The molecule has 1 heterocycles. The summed E-state index contributed by atoms with van der Waals surface area (Å²) in [5.41, 5.74) is 0.0104. The van der Waals surface area contributed by atoms with E-state index >= 15 is 0 Å². The minimum Gasteiger partial charge on any atom is -0.493 e. The van der Waals surface area contributed by atoms with Gasteiger partial charge in [0.1, 0.15) is 0 Å². The van der Waals surface area contributed by atoms with Crippen LogP contribution in [0, 0.1) is 0 Å². The van der Waals surface area contributed by atoms with Crippen LogP contribution in [-0.2, 0) is 22.1 Å². The fraction of sp³-hybridized carbons (Fsp3) is 0.200. The Bertz CT molecular complexity index is 1700. The molecule has 0 fully saturated rings. The summed E-state index contributed by atoms with van der Waals surface area (Å²) in [5.74, 6) is -0.0611. The highest BCUT2D eigenvalue weighted by Crippen LogP contribution is 2.35. The highest BCUT2D eigenvalue weighted by atomic mass is 19.4. The molecule has 0 saturated heterocycles. The SMILES string of the molecule is C=CCc1cc(C=Nn2c(-c3cccc(C(F)(F)F)c3)nc3ccccc3c2=O)cc(OC)c1O[C@H](C)C(=O)OC. The van der Waals surface area contributed by atoms with Crippen LogP contribution in [0.25, 0.3) is 22.3 Å². The Kier molecular flexibility index (Phi) is 8.56. The predicted molar refractivity (Wildman–Crippen MR) is 148 cm³/mol. The van der Waals surface area contributed by atoms with Gasteiger partial charge in [0, 0.05) is 11.1 Å². The first-order chi connectivity index (χ1) is 19.6. The van der Waals surface area contributed by atoms with Gasteiger partial charge < -0.3 is 14.2 Å². The second-order valence-electron chi connectivity index (χ2n) is 8.88. The van der Waals surface area contributed by atoms with Crippen molar-refractivity contribution in [1.29, 1.82) is 0 Å². The lowest BCUT2D eigenvalue weighted by molar-refractivity contribution is -0.148. The van der Waals surface area contributed by atoms with Crippen molar-refractivity contribution in [2.24, 2.45) is 5.10 Å². The molecule has 3 aromatic carbocycles. The summed E-state index contributed by atoms with van der Waals surface area (Å²) in [6.07, 6.45) is -2.18. The number of aromatic nitrogens is 2. The molecule has 11 heteroatoms. The van der Waals surface area contributed by atoms with Gasteiger partial charge in [-0.2, -0.15) is 22.9 Å². The van der Waals surface area contributed by atoms with E-state index in [-0.39, 0.29) is 22.5 Å². The Labute approximate surface area is 233 Å². The fourth-order valence-electron chi connectivity index (χ4n) is 4.12. The van der Waals surface area contributed by atoms with Crippen LogP contribution >= 0.6 is 0 Å². The van der Waals surface area contributed by atoms with Crippen molar-refractivity contribution in [1.82, 2.24) is 9.66 Å². The number of nitrogens with zero attached hydrogens (tertiary/aromatic N) is 3. The van der Waals surface area contributed by atoms with Crippen molar-refractivity contribution in [2.75, 3.05) is 14.2 Å². The lowest BCUT2D eigenvalue weighted by Gasteiger charge is -2.19. The van der Waals surface area contributed by atoms with Crippen LogP contribution in [0.1, 0.15) is 23.6 Å². The maximum Gasteiger partial charge on any atom is 0.416 e. The number of allylic oxidation sites excluding steroid dienone is 1. The van der Waals surface area contributed by atoms with Crippen molar-refractivity contribution in [3.05, 3.63) is 100 Å². The molecule has 0 aliphatic heterocycles. The molecule has 0 spiro atoms.